The van der Waals surface area contributed by atoms with E-state index in [-0.39, 0.29) is 29.6 Å². The van der Waals surface area contributed by atoms with Gasteiger partial charge < -0.3 is 10.6 Å². The highest BCUT2D eigenvalue weighted by molar-refractivity contribution is 6.00. The maximum absolute atomic E-state index is 15.0. The number of aryl methyl sites for hydroxylation is 2. The molecule has 3 heterocycles. The van der Waals surface area contributed by atoms with Crippen LogP contribution in [0.4, 0.5) is 10.2 Å². The fraction of sp³-hybridized carbons (Fsp3) is 0.500. The number of nitrogens with one attached hydrogen (secondary N) is 3. The third-order valence-corrected chi connectivity index (χ3v) is 7.18. The molecule has 2 saturated carbocycles. The van der Waals surface area contributed by atoms with E-state index in [2.05, 4.69) is 30.9 Å². The first kappa shape index (κ1) is 24.1. The van der Waals surface area contributed by atoms with Crippen LogP contribution in [0.1, 0.15) is 67.4 Å². The molecular weight excluding hydrogens is 461 g/mol. The van der Waals surface area contributed by atoms with Crippen LogP contribution in [0.2, 0.25) is 0 Å². The lowest BCUT2D eigenvalue weighted by molar-refractivity contribution is -0.119. The molecule has 190 valence electrons. The van der Waals surface area contributed by atoms with E-state index in [1.165, 1.54) is 0 Å². The largest absolute Gasteiger partial charge is 0.339 e. The Bertz CT molecular complexity index is 1260. The first-order valence-electron chi connectivity index (χ1n) is 12.6. The summed E-state index contributed by atoms with van der Waals surface area (Å²) in [6.45, 7) is 7.50. The van der Waals surface area contributed by atoms with Gasteiger partial charge in [-0.1, -0.05) is 0 Å². The number of hydrogen-bond acceptors (Lipinski definition) is 5. The van der Waals surface area contributed by atoms with Crippen molar-refractivity contribution in [1.82, 2.24) is 30.3 Å². The summed E-state index contributed by atoms with van der Waals surface area (Å²) in [5.74, 6) is -0.444. The lowest BCUT2D eigenvalue weighted by atomic mass is 9.88. The summed E-state index contributed by atoms with van der Waals surface area (Å²) in [7, 11) is 0. The fourth-order valence-corrected chi connectivity index (χ4v) is 5.19. The molecule has 0 saturated heterocycles. The molecule has 0 spiro atoms. The normalized spacial score (nSPS) is 16.4. The van der Waals surface area contributed by atoms with Crippen molar-refractivity contribution in [1.29, 1.82) is 0 Å². The van der Waals surface area contributed by atoms with Crippen molar-refractivity contribution >= 4 is 17.6 Å². The van der Waals surface area contributed by atoms with Crippen LogP contribution < -0.4 is 10.6 Å². The van der Waals surface area contributed by atoms with E-state index in [4.69, 9.17) is 0 Å². The van der Waals surface area contributed by atoms with Crippen LogP contribution in [0.3, 0.4) is 0 Å². The van der Waals surface area contributed by atoms with Gasteiger partial charge in [0.1, 0.15) is 17.6 Å². The Hall–Kier alpha value is -3.56. The molecule has 10 heteroatoms. The number of carbonyl (C=O) groups excluding carboxylic acids is 2. The average Bonchev–Trinajstić information content (AvgIpc) is 3.76. The number of anilines is 1. The van der Waals surface area contributed by atoms with Crippen molar-refractivity contribution in [2.45, 2.75) is 65.5 Å². The zero-order valence-corrected chi connectivity index (χ0v) is 21.0. The number of amides is 2. The van der Waals surface area contributed by atoms with E-state index in [0.29, 0.717) is 34.4 Å². The zero-order valence-electron chi connectivity index (χ0n) is 21.0. The fourth-order valence-electron chi connectivity index (χ4n) is 5.19. The molecule has 0 unspecified atom stereocenters. The molecule has 3 aromatic rings. The summed E-state index contributed by atoms with van der Waals surface area (Å²) >= 11 is 0. The molecule has 2 amide bonds. The molecule has 0 aromatic carbocycles. The maximum atomic E-state index is 15.0. The molecule has 0 radical (unpaired) electrons. The number of hydrogen-bond donors (Lipinski definition) is 3. The number of carbonyl (C=O) groups is 2. The minimum Gasteiger partial charge on any atom is -0.339 e. The van der Waals surface area contributed by atoms with Gasteiger partial charge in [0, 0.05) is 29.1 Å². The van der Waals surface area contributed by atoms with Gasteiger partial charge in [-0.25, -0.2) is 4.98 Å². The second kappa shape index (κ2) is 9.48. The number of H-pyrrole nitrogens is 1. The van der Waals surface area contributed by atoms with Gasteiger partial charge in [0.15, 0.2) is 0 Å². The minimum absolute atomic E-state index is 0.00359. The Morgan fingerprint density at radius 2 is 1.81 bits per heavy atom. The van der Waals surface area contributed by atoms with Gasteiger partial charge in [-0.05, 0) is 89.3 Å². The summed E-state index contributed by atoms with van der Waals surface area (Å²) in [5, 5.41) is 17.0. The standard InChI is InChI=1S/C26H32FN7O2/c1-13(2)34-19(11-12-28-34)25(35)31-23(22(16-5-6-16)17-7-8-17)26(36)30-20-10-9-18(24(27)29-20)21-14(3)32-33-15(21)4/h9-13,16-17,22-23H,5-8H2,1-4H3,(H,31,35)(H,32,33)(H,29,30,36)/t23-/m0/s1. The van der Waals surface area contributed by atoms with Crippen molar-refractivity contribution in [2.75, 3.05) is 5.32 Å². The number of nitrogens with zero attached hydrogens (tertiary/aromatic N) is 4. The van der Waals surface area contributed by atoms with Crippen molar-refractivity contribution in [3.05, 3.63) is 47.4 Å². The highest BCUT2D eigenvalue weighted by Crippen LogP contribution is 2.51. The molecule has 36 heavy (non-hydrogen) atoms. The van der Waals surface area contributed by atoms with Gasteiger partial charge >= 0.3 is 0 Å². The average molecular weight is 494 g/mol. The van der Waals surface area contributed by atoms with Gasteiger partial charge in [0.05, 0.1) is 5.69 Å². The second-order valence-corrected chi connectivity index (χ2v) is 10.3. The van der Waals surface area contributed by atoms with Gasteiger partial charge in [0.2, 0.25) is 11.9 Å². The number of aromatic nitrogens is 5. The summed E-state index contributed by atoms with van der Waals surface area (Å²) < 4.78 is 16.6. The number of rotatable bonds is 9. The van der Waals surface area contributed by atoms with Crippen LogP contribution in [0.25, 0.3) is 11.1 Å². The molecule has 2 fully saturated rings. The monoisotopic (exact) mass is 493 g/mol. The van der Waals surface area contributed by atoms with E-state index < -0.39 is 12.0 Å². The Balaban J connectivity index is 1.39. The third kappa shape index (κ3) is 4.76. The smallest absolute Gasteiger partial charge is 0.270 e. The van der Waals surface area contributed by atoms with E-state index in [1.54, 1.807) is 36.0 Å². The molecule has 3 N–H and O–H groups in total. The van der Waals surface area contributed by atoms with Gasteiger partial charge in [0.25, 0.3) is 5.91 Å². The summed E-state index contributed by atoms with van der Waals surface area (Å²) in [6.07, 6.45) is 5.79. The Kier molecular flexibility index (Phi) is 6.36. The summed E-state index contributed by atoms with van der Waals surface area (Å²) in [4.78, 5) is 30.8. The van der Waals surface area contributed by atoms with Crippen LogP contribution in [-0.2, 0) is 4.79 Å². The summed E-state index contributed by atoms with van der Waals surface area (Å²) in [6, 6.07) is 4.10. The van der Waals surface area contributed by atoms with Gasteiger partial charge in [-0.3, -0.25) is 19.4 Å². The highest BCUT2D eigenvalue weighted by atomic mass is 19.1. The quantitative estimate of drug-likeness (QED) is 0.387. The van der Waals surface area contributed by atoms with Gasteiger partial charge in [-0.2, -0.15) is 14.6 Å². The van der Waals surface area contributed by atoms with Crippen molar-refractivity contribution in [2.24, 2.45) is 17.8 Å². The van der Waals surface area contributed by atoms with Crippen LogP contribution in [0.5, 0.6) is 0 Å². The Labute approximate surface area is 209 Å². The molecule has 0 aliphatic heterocycles. The van der Waals surface area contributed by atoms with E-state index in [1.807, 2.05) is 20.8 Å². The third-order valence-electron chi connectivity index (χ3n) is 7.18. The topological polar surface area (TPSA) is 118 Å². The molecule has 5 rings (SSSR count). The molecule has 1 atom stereocenters. The zero-order chi connectivity index (χ0) is 25.6. The van der Waals surface area contributed by atoms with Crippen molar-refractivity contribution in [3.63, 3.8) is 0 Å². The lowest BCUT2D eigenvalue weighted by Crippen LogP contribution is -2.50. The Morgan fingerprint density at radius 3 is 2.36 bits per heavy atom. The first-order valence-corrected chi connectivity index (χ1v) is 12.6. The van der Waals surface area contributed by atoms with E-state index in [0.717, 1.165) is 31.4 Å². The van der Waals surface area contributed by atoms with Crippen LogP contribution in [0.15, 0.2) is 24.4 Å². The Morgan fingerprint density at radius 1 is 1.11 bits per heavy atom. The molecule has 2 aliphatic rings. The molecule has 2 aliphatic carbocycles. The molecule has 9 nitrogen and oxygen atoms in total. The van der Waals surface area contributed by atoms with Crippen LogP contribution in [0, 0.1) is 37.5 Å². The van der Waals surface area contributed by atoms with Crippen molar-refractivity contribution in [3.8, 4) is 11.1 Å². The minimum atomic E-state index is -0.740. The number of pyridine rings is 1. The summed E-state index contributed by atoms with van der Waals surface area (Å²) in [5.41, 5.74) is 2.80. The molecule has 0 bridgehead atoms. The maximum Gasteiger partial charge on any atom is 0.270 e. The van der Waals surface area contributed by atoms with E-state index >= 15 is 0 Å². The van der Waals surface area contributed by atoms with Gasteiger partial charge in [-0.15, -0.1) is 0 Å². The van der Waals surface area contributed by atoms with Crippen LogP contribution in [-0.4, -0.2) is 42.8 Å². The molecule has 3 aromatic heterocycles. The SMILES string of the molecule is Cc1n[nH]c(C)c1-c1ccc(NC(=O)[C@@H](NC(=O)c2ccnn2C(C)C)C(C2CC2)C2CC2)nc1F. The predicted octanol–water partition coefficient (Wildman–Crippen LogP) is 4.18. The second-order valence-electron chi connectivity index (χ2n) is 10.3. The first-order chi connectivity index (χ1) is 17.2. The predicted molar refractivity (Wildman–Crippen MR) is 133 cm³/mol. The lowest BCUT2D eigenvalue weighted by Gasteiger charge is -2.27. The molecular formula is C26H32FN7O2. The highest BCUT2D eigenvalue weighted by Gasteiger charge is 2.48. The van der Waals surface area contributed by atoms with Crippen LogP contribution >= 0.6 is 0 Å². The van der Waals surface area contributed by atoms with Crippen molar-refractivity contribution < 1.29 is 14.0 Å². The van der Waals surface area contributed by atoms with E-state index in [9.17, 15) is 14.0 Å². The number of aromatic amines is 1. The number of halogens is 1.